The Kier molecular flexibility index (Phi) is 5.56. The Labute approximate surface area is 194 Å². The van der Waals surface area contributed by atoms with Crippen LogP contribution < -0.4 is 5.56 Å². The molecule has 1 atom stereocenters. The van der Waals surface area contributed by atoms with Crippen LogP contribution in [-0.4, -0.2) is 30.2 Å². The van der Waals surface area contributed by atoms with Gasteiger partial charge in [-0.3, -0.25) is 18.6 Å². The average Bonchev–Trinajstić information content (AvgIpc) is 3.26. The molecule has 0 saturated carbocycles. The fourth-order valence-corrected chi connectivity index (χ4v) is 4.81. The van der Waals surface area contributed by atoms with Crippen LogP contribution in [0.3, 0.4) is 0 Å². The minimum absolute atomic E-state index is 0.0228. The molecule has 2 aromatic heterocycles. The number of hydrogen-bond donors (Lipinski definition) is 0. The summed E-state index contributed by atoms with van der Waals surface area (Å²) in [5, 5.41) is 9.55. The van der Waals surface area contributed by atoms with Gasteiger partial charge in [0.15, 0.2) is 10.9 Å². The highest BCUT2D eigenvalue weighted by atomic mass is 32.2. The van der Waals surface area contributed by atoms with Crippen molar-refractivity contribution in [2.75, 3.05) is 0 Å². The highest BCUT2D eigenvalue weighted by Gasteiger charge is 2.22. The van der Waals surface area contributed by atoms with Crippen LogP contribution in [0, 0.1) is 6.92 Å². The first-order valence-electron chi connectivity index (χ1n) is 10.7. The van der Waals surface area contributed by atoms with E-state index in [1.165, 1.54) is 11.8 Å². The first kappa shape index (κ1) is 21.2. The number of fused-ring (bicyclic) bond motifs is 3. The number of rotatable bonds is 6. The van der Waals surface area contributed by atoms with Gasteiger partial charge in [-0.25, -0.2) is 0 Å². The van der Waals surface area contributed by atoms with Crippen LogP contribution in [0.2, 0.25) is 0 Å². The minimum atomic E-state index is -0.365. The molecular formula is C26H22N4O2S. The van der Waals surface area contributed by atoms with E-state index in [2.05, 4.69) is 10.2 Å². The molecule has 0 fully saturated rings. The lowest BCUT2D eigenvalue weighted by Crippen LogP contribution is -2.24. The molecular weight excluding hydrogens is 432 g/mol. The zero-order valence-corrected chi connectivity index (χ0v) is 19.1. The second-order valence-electron chi connectivity index (χ2n) is 8.00. The van der Waals surface area contributed by atoms with E-state index in [0.717, 1.165) is 16.6 Å². The zero-order valence-electron chi connectivity index (χ0n) is 18.3. The number of aromatic nitrogens is 4. The first-order chi connectivity index (χ1) is 16.0. The largest absolute Gasteiger partial charge is 0.293 e. The first-order valence-corrected chi connectivity index (χ1v) is 11.6. The number of benzene rings is 3. The topological polar surface area (TPSA) is 69.3 Å². The summed E-state index contributed by atoms with van der Waals surface area (Å²) >= 11 is 1.34. The van der Waals surface area contributed by atoms with Crippen LogP contribution in [-0.2, 0) is 6.54 Å². The van der Waals surface area contributed by atoms with Gasteiger partial charge in [0.25, 0.3) is 5.56 Å². The highest BCUT2D eigenvalue weighted by Crippen LogP contribution is 2.27. The molecule has 0 bridgehead atoms. The van der Waals surface area contributed by atoms with E-state index in [1.807, 2.05) is 97.1 Å². The number of ketones is 1. The molecule has 5 aromatic rings. The Morgan fingerprint density at radius 2 is 1.64 bits per heavy atom. The van der Waals surface area contributed by atoms with E-state index in [1.54, 1.807) is 4.57 Å². The number of thioether (sulfide) groups is 1. The molecule has 0 saturated heterocycles. The lowest BCUT2D eigenvalue weighted by Gasteiger charge is -2.13. The van der Waals surface area contributed by atoms with Gasteiger partial charge in [-0.15, -0.1) is 10.2 Å². The summed E-state index contributed by atoms with van der Waals surface area (Å²) in [6.07, 6.45) is 0. The van der Waals surface area contributed by atoms with Gasteiger partial charge in [-0.05, 0) is 31.5 Å². The maximum Gasteiger partial charge on any atom is 0.263 e. The van der Waals surface area contributed by atoms with E-state index >= 15 is 0 Å². The Bertz CT molecular complexity index is 1520. The number of nitrogens with zero attached hydrogens (tertiary/aromatic N) is 4. The fourth-order valence-electron chi connectivity index (χ4n) is 3.88. The molecule has 33 heavy (non-hydrogen) atoms. The van der Waals surface area contributed by atoms with Gasteiger partial charge in [0.05, 0.1) is 22.7 Å². The number of carbonyl (C=O) groups excluding carboxylic acids is 1. The zero-order chi connectivity index (χ0) is 22.9. The predicted octanol–water partition coefficient (Wildman–Crippen LogP) is 4.76. The summed E-state index contributed by atoms with van der Waals surface area (Å²) in [5.41, 5.74) is 3.44. The van der Waals surface area contributed by atoms with Crippen molar-refractivity contribution in [1.82, 2.24) is 19.2 Å². The summed E-state index contributed by atoms with van der Waals surface area (Å²) in [4.78, 5) is 26.3. The third kappa shape index (κ3) is 3.96. The fraction of sp³-hybridized carbons (Fsp3) is 0.154. The molecule has 0 aliphatic carbocycles. The summed E-state index contributed by atoms with van der Waals surface area (Å²) in [6.45, 7) is 4.28. The van der Waals surface area contributed by atoms with Crippen molar-refractivity contribution >= 4 is 34.2 Å². The molecule has 164 valence electrons. The van der Waals surface area contributed by atoms with Crippen molar-refractivity contribution in [2.24, 2.45) is 0 Å². The SMILES string of the molecule is Cc1ccc(Cn2c(=O)c3ccccc3n3c(SC(C)C(=O)c4ccccc4)nnc23)cc1. The number of para-hydroxylation sites is 1. The number of aryl methyl sites for hydroxylation is 1. The molecule has 0 aliphatic rings. The van der Waals surface area contributed by atoms with Gasteiger partial charge in [0.2, 0.25) is 5.78 Å². The normalized spacial score (nSPS) is 12.3. The van der Waals surface area contributed by atoms with Crippen molar-refractivity contribution in [2.45, 2.75) is 30.8 Å². The van der Waals surface area contributed by atoms with Gasteiger partial charge >= 0.3 is 0 Å². The van der Waals surface area contributed by atoms with E-state index in [-0.39, 0.29) is 16.6 Å². The summed E-state index contributed by atoms with van der Waals surface area (Å²) in [5.74, 6) is 0.482. The van der Waals surface area contributed by atoms with Gasteiger partial charge in [0, 0.05) is 5.56 Å². The summed E-state index contributed by atoms with van der Waals surface area (Å²) in [7, 11) is 0. The third-order valence-corrected chi connectivity index (χ3v) is 6.69. The number of hydrogen-bond acceptors (Lipinski definition) is 5. The smallest absolute Gasteiger partial charge is 0.263 e. The molecule has 7 heteroatoms. The number of Topliss-reactive ketones (excluding diaryl/α,β-unsaturated/α-hetero) is 1. The van der Waals surface area contributed by atoms with Crippen LogP contribution >= 0.6 is 11.8 Å². The summed E-state index contributed by atoms with van der Waals surface area (Å²) < 4.78 is 3.53. The Hall–Kier alpha value is -3.71. The second-order valence-corrected chi connectivity index (χ2v) is 9.31. The average molecular weight is 455 g/mol. The predicted molar refractivity (Wildman–Crippen MR) is 131 cm³/mol. The monoisotopic (exact) mass is 454 g/mol. The second kappa shape index (κ2) is 8.67. The van der Waals surface area contributed by atoms with Crippen LogP contribution in [0.5, 0.6) is 0 Å². The van der Waals surface area contributed by atoms with Crippen molar-refractivity contribution in [3.05, 3.63) is 106 Å². The van der Waals surface area contributed by atoms with E-state index in [9.17, 15) is 9.59 Å². The van der Waals surface area contributed by atoms with Crippen LogP contribution in [0.15, 0.2) is 88.8 Å². The molecule has 3 aromatic carbocycles. The molecule has 0 N–H and O–H groups in total. The Morgan fingerprint density at radius 1 is 0.939 bits per heavy atom. The quantitative estimate of drug-likeness (QED) is 0.273. The highest BCUT2D eigenvalue weighted by molar-refractivity contribution is 8.00. The minimum Gasteiger partial charge on any atom is -0.293 e. The lowest BCUT2D eigenvalue weighted by atomic mass is 10.1. The Morgan fingerprint density at radius 3 is 2.39 bits per heavy atom. The molecule has 5 rings (SSSR count). The van der Waals surface area contributed by atoms with E-state index in [4.69, 9.17) is 0 Å². The maximum absolute atomic E-state index is 13.4. The molecule has 0 spiro atoms. The molecule has 0 radical (unpaired) electrons. The van der Waals surface area contributed by atoms with E-state index < -0.39 is 0 Å². The number of carbonyl (C=O) groups is 1. The molecule has 2 heterocycles. The molecule has 6 nitrogen and oxygen atoms in total. The lowest BCUT2D eigenvalue weighted by molar-refractivity contribution is 0.0994. The summed E-state index contributed by atoms with van der Waals surface area (Å²) in [6, 6.07) is 24.8. The van der Waals surface area contributed by atoms with Gasteiger partial charge < -0.3 is 0 Å². The van der Waals surface area contributed by atoms with Crippen LogP contribution in [0.4, 0.5) is 0 Å². The van der Waals surface area contributed by atoms with E-state index in [0.29, 0.717) is 28.4 Å². The molecule has 1 unspecified atom stereocenters. The van der Waals surface area contributed by atoms with Gasteiger partial charge in [-0.1, -0.05) is 84.1 Å². The van der Waals surface area contributed by atoms with Crippen molar-refractivity contribution in [1.29, 1.82) is 0 Å². The van der Waals surface area contributed by atoms with Crippen molar-refractivity contribution in [3.8, 4) is 0 Å². The van der Waals surface area contributed by atoms with Crippen LogP contribution in [0.1, 0.15) is 28.4 Å². The third-order valence-electron chi connectivity index (χ3n) is 5.65. The Balaban J connectivity index is 1.61. The van der Waals surface area contributed by atoms with Crippen molar-refractivity contribution in [3.63, 3.8) is 0 Å². The standard InChI is InChI=1S/C26H22N4O2S/c1-17-12-14-19(15-13-17)16-29-24(32)21-10-6-7-11-22(21)30-25(29)27-28-26(30)33-18(2)23(31)20-8-4-3-5-9-20/h3-15,18H,16H2,1-2H3. The van der Waals surface area contributed by atoms with Crippen molar-refractivity contribution < 1.29 is 4.79 Å². The van der Waals surface area contributed by atoms with Gasteiger partial charge in [0.1, 0.15) is 0 Å². The molecule has 0 aliphatic heterocycles. The maximum atomic E-state index is 13.4. The molecule has 0 amide bonds. The van der Waals surface area contributed by atoms with Gasteiger partial charge in [-0.2, -0.15) is 0 Å². The van der Waals surface area contributed by atoms with Crippen LogP contribution in [0.25, 0.3) is 16.7 Å².